The number of benzene rings is 1. The van der Waals surface area contributed by atoms with Gasteiger partial charge in [0.05, 0.1) is 12.7 Å². The van der Waals surface area contributed by atoms with Crippen LogP contribution in [0.25, 0.3) is 0 Å². The average Bonchev–Trinajstić information content (AvgIpc) is 2.95. The quantitative estimate of drug-likeness (QED) is 0.797. The molecule has 0 amide bonds. The van der Waals surface area contributed by atoms with Gasteiger partial charge in [-0.25, -0.2) is 4.79 Å². The summed E-state index contributed by atoms with van der Waals surface area (Å²) >= 11 is 0. The number of rotatable bonds is 6. The molecule has 1 aromatic carbocycles. The van der Waals surface area contributed by atoms with Gasteiger partial charge in [-0.15, -0.1) is 0 Å². The zero-order valence-corrected chi connectivity index (χ0v) is 15.0. The highest BCUT2D eigenvalue weighted by atomic mass is 31.2. The second kappa shape index (κ2) is 7.95. The van der Waals surface area contributed by atoms with Gasteiger partial charge in [0, 0.05) is 24.8 Å². The molecule has 0 aliphatic carbocycles. The normalized spacial score (nSPS) is 24.2. The minimum absolute atomic E-state index is 0.122. The number of hydrogen-bond acceptors (Lipinski definition) is 5. The van der Waals surface area contributed by atoms with Crippen LogP contribution in [0.3, 0.4) is 0 Å². The number of para-hydroxylation sites is 1. The van der Waals surface area contributed by atoms with Crippen LogP contribution in [0.4, 0.5) is 0 Å². The fourth-order valence-electron chi connectivity index (χ4n) is 2.84. The Bertz CT molecular complexity index is 806. The van der Waals surface area contributed by atoms with Crippen LogP contribution in [-0.4, -0.2) is 28.9 Å². The van der Waals surface area contributed by atoms with Gasteiger partial charge in [-0.05, 0) is 18.6 Å². The van der Waals surface area contributed by atoms with E-state index in [9.17, 15) is 9.59 Å². The number of aromatic nitrogens is 2. The minimum Gasteiger partial charge on any atom is -0.448 e. The molecule has 1 saturated heterocycles. The van der Waals surface area contributed by atoms with Crippen molar-refractivity contribution in [3.63, 3.8) is 0 Å². The summed E-state index contributed by atoms with van der Waals surface area (Å²) in [5.41, 5.74) is -0.877. The molecule has 2 aromatic rings. The van der Waals surface area contributed by atoms with Crippen LogP contribution >= 0.6 is 8.38 Å². The molecule has 0 saturated carbocycles. The monoisotopic (exact) mass is 364 g/mol. The molecule has 8 heteroatoms. The van der Waals surface area contributed by atoms with Crippen molar-refractivity contribution in [3.05, 3.63) is 63.4 Å². The van der Waals surface area contributed by atoms with E-state index in [1.807, 2.05) is 43.9 Å². The molecule has 1 aromatic heterocycles. The maximum absolute atomic E-state index is 11.9. The van der Waals surface area contributed by atoms with Gasteiger partial charge in [0.25, 0.3) is 5.56 Å². The van der Waals surface area contributed by atoms with E-state index in [2.05, 4.69) is 4.98 Å². The Morgan fingerprint density at radius 3 is 2.76 bits per heavy atom. The van der Waals surface area contributed by atoms with E-state index in [0.29, 0.717) is 6.61 Å². The molecular formula is C17H21N2O5P. The Morgan fingerprint density at radius 1 is 1.28 bits per heavy atom. The minimum atomic E-state index is -1.06. The highest BCUT2D eigenvalue weighted by Crippen LogP contribution is 2.38. The van der Waals surface area contributed by atoms with Gasteiger partial charge < -0.3 is 13.8 Å². The molecule has 2 heterocycles. The van der Waals surface area contributed by atoms with Gasteiger partial charge in [-0.3, -0.25) is 14.3 Å². The van der Waals surface area contributed by atoms with Crippen molar-refractivity contribution in [1.29, 1.82) is 0 Å². The predicted octanol–water partition coefficient (Wildman–Crippen LogP) is 2.50. The molecule has 1 unspecified atom stereocenters. The summed E-state index contributed by atoms with van der Waals surface area (Å²) in [6.45, 7) is 4.30. The lowest BCUT2D eigenvalue weighted by atomic mass is 10.1. The average molecular weight is 364 g/mol. The first-order valence-electron chi connectivity index (χ1n) is 8.09. The van der Waals surface area contributed by atoms with E-state index in [-0.39, 0.29) is 12.0 Å². The van der Waals surface area contributed by atoms with Crippen LogP contribution < -0.4 is 15.8 Å². The summed E-state index contributed by atoms with van der Waals surface area (Å²) in [5, 5.41) is 0. The van der Waals surface area contributed by atoms with Crippen LogP contribution in [0.5, 0.6) is 5.75 Å². The first kappa shape index (κ1) is 17.9. The van der Waals surface area contributed by atoms with Gasteiger partial charge >= 0.3 is 5.69 Å². The Balaban J connectivity index is 1.55. The molecule has 1 aliphatic rings. The smallest absolute Gasteiger partial charge is 0.330 e. The zero-order chi connectivity index (χ0) is 17.8. The number of ether oxygens (including phenoxy) is 1. The largest absolute Gasteiger partial charge is 0.448 e. The van der Waals surface area contributed by atoms with Crippen molar-refractivity contribution in [2.75, 3.05) is 13.3 Å². The topological polar surface area (TPSA) is 82.6 Å². The summed E-state index contributed by atoms with van der Waals surface area (Å²) in [7, 11) is -1.06. The van der Waals surface area contributed by atoms with Crippen LogP contribution in [0, 0.1) is 5.92 Å². The first-order valence-corrected chi connectivity index (χ1v) is 9.72. The Kier molecular flexibility index (Phi) is 5.68. The molecule has 3 rings (SSSR count). The van der Waals surface area contributed by atoms with Gasteiger partial charge in [-0.1, -0.05) is 25.1 Å². The maximum Gasteiger partial charge on any atom is 0.330 e. The Hall–Kier alpha value is -1.95. The van der Waals surface area contributed by atoms with Crippen molar-refractivity contribution in [3.8, 4) is 5.75 Å². The molecule has 1 aliphatic heterocycles. The third-order valence-corrected chi connectivity index (χ3v) is 4.98. The summed E-state index contributed by atoms with van der Waals surface area (Å²) in [4.78, 5) is 25.4. The third-order valence-electron chi connectivity index (χ3n) is 4.00. The zero-order valence-electron chi connectivity index (χ0n) is 14.1. The van der Waals surface area contributed by atoms with E-state index in [4.69, 9.17) is 13.8 Å². The molecular weight excluding hydrogens is 343 g/mol. The lowest BCUT2D eigenvalue weighted by Gasteiger charge is -2.19. The van der Waals surface area contributed by atoms with Gasteiger partial charge in [0.15, 0.2) is 0 Å². The first-order chi connectivity index (χ1) is 12.0. The molecule has 1 fully saturated rings. The number of nitrogens with zero attached hydrogens (tertiary/aromatic N) is 1. The lowest BCUT2D eigenvalue weighted by molar-refractivity contribution is -0.0290. The number of hydrogen-bond donors (Lipinski definition) is 1. The van der Waals surface area contributed by atoms with E-state index in [1.165, 1.54) is 16.8 Å². The van der Waals surface area contributed by atoms with Gasteiger partial charge in [0.2, 0.25) is 8.38 Å². The molecule has 0 bridgehead atoms. The summed E-state index contributed by atoms with van der Waals surface area (Å²) in [5.74, 6) is 0.907. The summed E-state index contributed by atoms with van der Waals surface area (Å²) in [6.07, 6.45) is 1.71. The molecule has 134 valence electrons. The number of aromatic amines is 1. The van der Waals surface area contributed by atoms with Crippen LogP contribution in [0.15, 0.2) is 52.2 Å². The van der Waals surface area contributed by atoms with E-state index in [1.54, 1.807) is 0 Å². The van der Waals surface area contributed by atoms with E-state index >= 15 is 0 Å². The highest BCUT2D eigenvalue weighted by molar-refractivity contribution is 7.46. The van der Waals surface area contributed by atoms with E-state index in [0.717, 1.165) is 12.2 Å². The number of nitrogens with one attached hydrogen (secondary N) is 1. The van der Waals surface area contributed by atoms with Crippen molar-refractivity contribution < 1.29 is 13.8 Å². The Labute approximate surface area is 146 Å². The van der Waals surface area contributed by atoms with E-state index < -0.39 is 25.9 Å². The second-order valence-corrected chi connectivity index (χ2v) is 7.34. The fourth-order valence-corrected chi connectivity index (χ4v) is 3.68. The highest BCUT2D eigenvalue weighted by Gasteiger charge is 2.34. The maximum atomic E-state index is 11.9. The predicted molar refractivity (Wildman–Crippen MR) is 94.9 cm³/mol. The molecule has 7 nitrogen and oxygen atoms in total. The standard InChI is InChI=1S/C17H21N2O5P/c1-12-10-14(11-22-25(2)24-13-6-4-3-5-7-13)23-16(12)19-9-8-15(20)18-17(19)21/h3-9,12,14,16H,10-11H2,1-2H3,(H,18,20,21)/t12-,14-,16+,25?/m0/s1. The van der Waals surface area contributed by atoms with Gasteiger partial charge in [-0.2, -0.15) is 0 Å². The van der Waals surface area contributed by atoms with Crippen molar-refractivity contribution >= 4 is 8.38 Å². The molecule has 4 atom stereocenters. The Morgan fingerprint density at radius 2 is 2.04 bits per heavy atom. The van der Waals surface area contributed by atoms with Crippen LogP contribution in [0.1, 0.15) is 19.6 Å². The fraction of sp³-hybridized carbons (Fsp3) is 0.412. The van der Waals surface area contributed by atoms with Crippen LogP contribution in [0.2, 0.25) is 0 Å². The summed E-state index contributed by atoms with van der Waals surface area (Å²) in [6, 6.07) is 10.8. The SMILES string of the molecule is C[C@H]1C[C@@H](COP(C)Oc2ccccc2)O[C@H]1n1ccc(=O)[nH]c1=O. The number of H-pyrrole nitrogens is 1. The molecule has 1 N–H and O–H groups in total. The molecule has 0 radical (unpaired) electrons. The summed E-state index contributed by atoms with van der Waals surface area (Å²) < 4.78 is 18.9. The lowest BCUT2D eigenvalue weighted by Crippen LogP contribution is -2.33. The molecule has 0 spiro atoms. The van der Waals surface area contributed by atoms with Crippen LogP contribution in [-0.2, 0) is 9.26 Å². The molecule has 25 heavy (non-hydrogen) atoms. The van der Waals surface area contributed by atoms with Crippen molar-refractivity contribution in [2.24, 2.45) is 5.92 Å². The van der Waals surface area contributed by atoms with Gasteiger partial charge in [0.1, 0.15) is 12.0 Å². The van der Waals surface area contributed by atoms with Crippen molar-refractivity contribution in [1.82, 2.24) is 9.55 Å². The second-order valence-electron chi connectivity index (χ2n) is 6.02. The van der Waals surface area contributed by atoms with Crippen molar-refractivity contribution in [2.45, 2.75) is 25.7 Å². The third kappa shape index (κ3) is 4.57.